The van der Waals surface area contributed by atoms with Gasteiger partial charge in [-0.15, -0.1) is 0 Å². The maximum atomic E-state index is 12.5. The summed E-state index contributed by atoms with van der Waals surface area (Å²) in [4.78, 5) is 26.0. The van der Waals surface area contributed by atoms with Crippen molar-refractivity contribution < 1.29 is 24.2 Å². The molecule has 1 aromatic carbocycles. The van der Waals surface area contributed by atoms with E-state index in [9.17, 15) is 14.7 Å². The summed E-state index contributed by atoms with van der Waals surface area (Å²) in [7, 11) is 5.59. The molecule has 1 saturated carbocycles. The minimum absolute atomic E-state index is 0.157. The normalized spacial score (nSPS) is 19.3. The molecule has 0 saturated heterocycles. The number of aliphatic carboxylic acids is 1. The smallest absolute Gasteiger partial charge is 0.307 e. The highest BCUT2D eigenvalue weighted by molar-refractivity contribution is 5.84. The van der Waals surface area contributed by atoms with Crippen LogP contribution in [-0.2, 0) is 16.0 Å². The molecule has 156 valence electrons. The molecule has 0 spiro atoms. The molecule has 2 rings (SSSR count). The maximum Gasteiger partial charge on any atom is 0.307 e. The molecule has 0 aromatic heterocycles. The molecule has 0 aliphatic heterocycles. The lowest BCUT2D eigenvalue weighted by Crippen LogP contribution is -2.40. The molecule has 7 nitrogen and oxygen atoms in total. The fourth-order valence-corrected chi connectivity index (χ4v) is 3.53. The monoisotopic (exact) mass is 392 g/mol. The summed E-state index contributed by atoms with van der Waals surface area (Å²) in [6, 6.07) is 5.67. The summed E-state index contributed by atoms with van der Waals surface area (Å²) in [6.07, 6.45) is 3.61. The topological polar surface area (TPSA) is 88.1 Å². The van der Waals surface area contributed by atoms with E-state index in [0.29, 0.717) is 32.4 Å². The quantitative estimate of drug-likeness (QED) is 0.635. The van der Waals surface area contributed by atoms with Gasteiger partial charge in [-0.2, -0.15) is 0 Å². The van der Waals surface area contributed by atoms with E-state index in [1.165, 1.54) is 0 Å². The molecule has 0 radical (unpaired) electrons. The van der Waals surface area contributed by atoms with Crippen molar-refractivity contribution in [2.75, 3.05) is 40.9 Å². The van der Waals surface area contributed by atoms with Gasteiger partial charge in [0.15, 0.2) is 0 Å². The van der Waals surface area contributed by atoms with Gasteiger partial charge >= 0.3 is 5.97 Å². The molecule has 28 heavy (non-hydrogen) atoms. The van der Waals surface area contributed by atoms with Crippen molar-refractivity contribution in [2.45, 2.75) is 32.1 Å². The van der Waals surface area contributed by atoms with E-state index in [2.05, 4.69) is 5.32 Å². The Morgan fingerprint density at radius 3 is 2.57 bits per heavy atom. The molecule has 2 atom stereocenters. The van der Waals surface area contributed by atoms with Crippen LogP contribution < -0.4 is 14.8 Å². The first-order valence-electron chi connectivity index (χ1n) is 9.87. The molecule has 1 aromatic rings. The first-order chi connectivity index (χ1) is 13.4. The number of ether oxygens (including phenoxy) is 2. The fourth-order valence-electron chi connectivity index (χ4n) is 3.53. The molecule has 7 heteroatoms. The molecule has 1 aliphatic carbocycles. The molecule has 2 N–H and O–H groups in total. The third kappa shape index (κ3) is 6.41. The van der Waals surface area contributed by atoms with E-state index >= 15 is 0 Å². The molecule has 0 bridgehead atoms. The Morgan fingerprint density at radius 2 is 1.93 bits per heavy atom. The van der Waals surface area contributed by atoms with Crippen LogP contribution >= 0.6 is 0 Å². The van der Waals surface area contributed by atoms with Gasteiger partial charge in [-0.1, -0.05) is 18.9 Å². The number of amides is 1. The molecular weight excluding hydrogens is 360 g/mol. The van der Waals surface area contributed by atoms with Gasteiger partial charge in [0.25, 0.3) is 0 Å². The van der Waals surface area contributed by atoms with Crippen LogP contribution in [0.2, 0.25) is 0 Å². The Morgan fingerprint density at radius 1 is 1.21 bits per heavy atom. The lowest BCUT2D eigenvalue weighted by Gasteiger charge is -2.27. The van der Waals surface area contributed by atoms with Crippen LogP contribution in [0.4, 0.5) is 0 Å². The van der Waals surface area contributed by atoms with Crippen molar-refractivity contribution in [2.24, 2.45) is 11.8 Å². The highest BCUT2D eigenvalue weighted by Crippen LogP contribution is 2.30. The van der Waals surface area contributed by atoms with Gasteiger partial charge in [0.2, 0.25) is 5.91 Å². The van der Waals surface area contributed by atoms with Gasteiger partial charge in [0.1, 0.15) is 18.1 Å². The van der Waals surface area contributed by atoms with Crippen molar-refractivity contribution >= 4 is 11.9 Å². The van der Waals surface area contributed by atoms with Crippen molar-refractivity contribution in [3.05, 3.63) is 23.8 Å². The lowest BCUT2D eigenvalue weighted by atomic mass is 9.78. The van der Waals surface area contributed by atoms with Gasteiger partial charge in [-0.05, 0) is 45.0 Å². The maximum absolute atomic E-state index is 12.5. The Hall–Kier alpha value is -2.28. The Labute approximate surface area is 167 Å². The third-order valence-electron chi connectivity index (χ3n) is 5.18. The van der Waals surface area contributed by atoms with Crippen molar-refractivity contribution in [3.63, 3.8) is 0 Å². The number of rotatable bonds is 10. The molecular formula is C21H32N2O5. The number of hydrogen-bond acceptors (Lipinski definition) is 5. The highest BCUT2D eigenvalue weighted by atomic mass is 16.5. The minimum atomic E-state index is -0.869. The second-order valence-corrected chi connectivity index (χ2v) is 7.50. The molecule has 1 amide bonds. The van der Waals surface area contributed by atoms with Crippen molar-refractivity contribution in [3.8, 4) is 11.5 Å². The van der Waals surface area contributed by atoms with Crippen LogP contribution in [0.15, 0.2) is 18.2 Å². The first-order valence-corrected chi connectivity index (χ1v) is 9.87. The number of methoxy groups -OCH3 is 1. The summed E-state index contributed by atoms with van der Waals surface area (Å²) in [5, 5.41) is 12.3. The van der Waals surface area contributed by atoms with Crippen LogP contribution in [0.3, 0.4) is 0 Å². The Kier molecular flexibility index (Phi) is 8.57. The number of carbonyl (C=O) groups is 2. The SMILES string of the molecule is COc1ccc(CCNC(=O)C2CCCCC2C(=O)O)c(OCCN(C)C)c1. The summed E-state index contributed by atoms with van der Waals surface area (Å²) in [6.45, 7) is 1.80. The second-order valence-electron chi connectivity index (χ2n) is 7.50. The first kappa shape index (κ1) is 22.0. The van der Waals surface area contributed by atoms with Crippen LogP contribution in [0.25, 0.3) is 0 Å². The molecule has 0 heterocycles. The number of carboxylic acids is 1. The van der Waals surface area contributed by atoms with E-state index in [1.807, 2.05) is 37.2 Å². The summed E-state index contributed by atoms with van der Waals surface area (Å²) >= 11 is 0. The van der Waals surface area contributed by atoms with Crippen LogP contribution in [0.1, 0.15) is 31.2 Å². The van der Waals surface area contributed by atoms with Crippen molar-refractivity contribution in [1.29, 1.82) is 0 Å². The third-order valence-corrected chi connectivity index (χ3v) is 5.18. The van der Waals surface area contributed by atoms with E-state index in [-0.39, 0.29) is 5.91 Å². The zero-order valence-corrected chi connectivity index (χ0v) is 17.1. The standard InChI is InChI=1S/C21H32N2O5/c1-23(2)12-13-28-19-14-16(27-3)9-8-15(19)10-11-22-20(24)17-6-4-5-7-18(17)21(25)26/h8-9,14,17-18H,4-7,10-13H2,1-3H3,(H,22,24)(H,25,26). The van der Waals surface area contributed by atoms with Crippen LogP contribution in [0.5, 0.6) is 11.5 Å². The Bertz CT molecular complexity index is 662. The summed E-state index contributed by atoms with van der Waals surface area (Å²) in [5.74, 6) is -0.560. The molecule has 1 aliphatic rings. The number of nitrogens with zero attached hydrogens (tertiary/aromatic N) is 1. The van der Waals surface area contributed by atoms with Gasteiger partial charge in [0, 0.05) is 19.2 Å². The van der Waals surface area contributed by atoms with Gasteiger partial charge in [0.05, 0.1) is 18.9 Å². The fraction of sp³-hybridized carbons (Fsp3) is 0.619. The van der Waals surface area contributed by atoms with Crippen LogP contribution in [0, 0.1) is 11.8 Å². The molecule has 2 unspecified atom stereocenters. The minimum Gasteiger partial charge on any atom is -0.497 e. The van der Waals surface area contributed by atoms with Gasteiger partial charge in [-0.25, -0.2) is 0 Å². The molecule has 1 fully saturated rings. The second kappa shape index (κ2) is 10.9. The highest BCUT2D eigenvalue weighted by Gasteiger charge is 2.35. The lowest BCUT2D eigenvalue weighted by molar-refractivity contribution is -0.148. The number of hydrogen-bond donors (Lipinski definition) is 2. The summed E-state index contributed by atoms with van der Waals surface area (Å²) < 4.78 is 11.2. The van der Waals surface area contributed by atoms with E-state index in [0.717, 1.165) is 36.4 Å². The zero-order chi connectivity index (χ0) is 20.5. The Balaban J connectivity index is 1.93. The zero-order valence-electron chi connectivity index (χ0n) is 17.1. The predicted molar refractivity (Wildman–Crippen MR) is 107 cm³/mol. The number of carbonyl (C=O) groups excluding carboxylic acids is 1. The largest absolute Gasteiger partial charge is 0.497 e. The average molecular weight is 392 g/mol. The van der Waals surface area contributed by atoms with Crippen LogP contribution in [-0.4, -0.2) is 62.8 Å². The predicted octanol–water partition coefficient (Wildman–Crippen LogP) is 2.19. The van der Waals surface area contributed by atoms with Gasteiger partial charge in [-0.3, -0.25) is 9.59 Å². The van der Waals surface area contributed by atoms with Gasteiger partial charge < -0.3 is 24.8 Å². The number of likely N-dealkylation sites (N-methyl/N-ethyl adjacent to an activating group) is 1. The average Bonchev–Trinajstić information content (AvgIpc) is 2.68. The van der Waals surface area contributed by atoms with E-state index in [1.54, 1.807) is 7.11 Å². The number of nitrogens with one attached hydrogen (secondary N) is 1. The number of carboxylic acid groups (broad SMARTS) is 1. The number of benzene rings is 1. The van der Waals surface area contributed by atoms with Crippen molar-refractivity contribution in [1.82, 2.24) is 10.2 Å². The summed E-state index contributed by atoms with van der Waals surface area (Å²) in [5.41, 5.74) is 0.985. The van der Waals surface area contributed by atoms with E-state index < -0.39 is 17.8 Å². The van der Waals surface area contributed by atoms with E-state index in [4.69, 9.17) is 9.47 Å².